The summed E-state index contributed by atoms with van der Waals surface area (Å²) in [4.78, 5) is 33.7. The van der Waals surface area contributed by atoms with Crippen molar-refractivity contribution in [2.75, 3.05) is 16.4 Å². The number of aryl methyl sites for hydroxylation is 1. The van der Waals surface area contributed by atoms with Gasteiger partial charge in [-0.3, -0.25) is 14.6 Å². The first-order chi connectivity index (χ1) is 17.0. The van der Waals surface area contributed by atoms with Gasteiger partial charge < -0.3 is 10.6 Å². The minimum absolute atomic E-state index is 0.0337. The summed E-state index contributed by atoms with van der Waals surface area (Å²) in [6.45, 7) is 1.99. The lowest BCUT2D eigenvalue weighted by atomic mass is 10.1. The molecule has 2 aromatic heterocycles. The maximum Gasteiger partial charge on any atom is 0.246 e. The van der Waals surface area contributed by atoms with Gasteiger partial charge in [0.1, 0.15) is 12.4 Å². The summed E-state index contributed by atoms with van der Waals surface area (Å²) in [5, 5.41) is 10.5. The van der Waals surface area contributed by atoms with Crippen LogP contribution < -0.4 is 10.6 Å². The lowest BCUT2D eigenvalue weighted by Crippen LogP contribution is -2.20. The van der Waals surface area contributed by atoms with E-state index >= 15 is 0 Å². The third-order valence-corrected chi connectivity index (χ3v) is 5.94. The second-order valence-electron chi connectivity index (χ2n) is 7.55. The second-order valence-corrected chi connectivity index (χ2v) is 8.50. The van der Waals surface area contributed by atoms with Crippen molar-refractivity contribution in [1.29, 1.82) is 0 Å². The first kappa shape index (κ1) is 24.1. The lowest BCUT2D eigenvalue weighted by Gasteiger charge is -2.08. The Morgan fingerprint density at radius 1 is 0.914 bits per heavy atom. The fraction of sp³-hybridized carbons (Fsp3) is 0.160. The minimum atomic E-state index is -0.381. The average Bonchev–Trinajstić information content (AvgIpc) is 3.27. The maximum absolute atomic E-state index is 13.1. The van der Waals surface area contributed by atoms with E-state index in [4.69, 9.17) is 0 Å². The molecule has 2 amide bonds. The molecule has 0 aliphatic carbocycles. The molecular formula is C25H23FN6O2S. The van der Waals surface area contributed by atoms with Gasteiger partial charge in [0.2, 0.25) is 11.8 Å². The van der Waals surface area contributed by atoms with Crippen LogP contribution in [0.1, 0.15) is 12.5 Å². The highest BCUT2D eigenvalue weighted by Crippen LogP contribution is 2.22. The van der Waals surface area contributed by atoms with Gasteiger partial charge in [-0.05, 0) is 60.5 Å². The molecule has 0 fully saturated rings. The molecule has 2 aromatic carbocycles. The SMILES string of the molecule is CCc1ccc(NC(=O)Cn2nc(-c3ccncc3)nc2SCC(=O)Nc2ccc(F)cc2)cc1. The van der Waals surface area contributed by atoms with Gasteiger partial charge >= 0.3 is 0 Å². The van der Waals surface area contributed by atoms with E-state index in [-0.39, 0.29) is 29.9 Å². The summed E-state index contributed by atoms with van der Waals surface area (Å²) in [5.74, 6) is -0.478. The molecule has 35 heavy (non-hydrogen) atoms. The molecule has 0 unspecified atom stereocenters. The van der Waals surface area contributed by atoms with E-state index in [9.17, 15) is 14.0 Å². The number of anilines is 2. The number of amides is 2. The number of carbonyl (C=O) groups is 2. The number of thioether (sulfide) groups is 1. The molecule has 4 aromatic rings. The average molecular weight is 491 g/mol. The van der Waals surface area contributed by atoms with Crippen molar-refractivity contribution in [2.45, 2.75) is 25.0 Å². The number of aromatic nitrogens is 4. The quantitative estimate of drug-likeness (QED) is 0.337. The van der Waals surface area contributed by atoms with Crippen molar-refractivity contribution in [3.63, 3.8) is 0 Å². The summed E-state index contributed by atoms with van der Waals surface area (Å²) in [7, 11) is 0. The Morgan fingerprint density at radius 2 is 1.54 bits per heavy atom. The Hall–Kier alpha value is -4.05. The topological polar surface area (TPSA) is 102 Å². The van der Waals surface area contributed by atoms with Crippen LogP contribution in [0.4, 0.5) is 15.8 Å². The number of benzene rings is 2. The Bertz CT molecular complexity index is 1290. The van der Waals surface area contributed by atoms with Crippen molar-refractivity contribution in [3.05, 3.63) is 84.4 Å². The van der Waals surface area contributed by atoms with Crippen molar-refractivity contribution >= 4 is 35.0 Å². The molecule has 0 aliphatic heterocycles. The molecule has 0 radical (unpaired) electrons. The molecule has 10 heteroatoms. The molecule has 0 atom stereocenters. The van der Waals surface area contributed by atoms with Crippen LogP contribution in [0, 0.1) is 5.82 Å². The number of carbonyl (C=O) groups excluding carboxylic acids is 2. The van der Waals surface area contributed by atoms with Crippen LogP contribution in [0.3, 0.4) is 0 Å². The highest BCUT2D eigenvalue weighted by atomic mass is 32.2. The zero-order chi connectivity index (χ0) is 24.6. The van der Waals surface area contributed by atoms with E-state index in [1.165, 1.54) is 34.5 Å². The zero-order valence-corrected chi connectivity index (χ0v) is 19.8. The molecular weight excluding hydrogens is 467 g/mol. The van der Waals surface area contributed by atoms with Crippen LogP contribution >= 0.6 is 11.8 Å². The fourth-order valence-corrected chi connectivity index (χ4v) is 3.92. The maximum atomic E-state index is 13.1. The third kappa shape index (κ3) is 6.73. The first-order valence-electron chi connectivity index (χ1n) is 10.9. The Kier molecular flexibility index (Phi) is 7.84. The van der Waals surface area contributed by atoms with Crippen LogP contribution in [0.2, 0.25) is 0 Å². The highest BCUT2D eigenvalue weighted by molar-refractivity contribution is 7.99. The molecule has 4 rings (SSSR count). The van der Waals surface area contributed by atoms with Crippen LogP contribution in [0.5, 0.6) is 0 Å². The van der Waals surface area contributed by atoms with Crippen molar-refractivity contribution in [2.24, 2.45) is 0 Å². The number of hydrogen-bond donors (Lipinski definition) is 2. The lowest BCUT2D eigenvalue weighted by molar-refractivity contribution is -0.117. The van der Waals surface area contributed by atoms with E-state index in [2.05, 4.69) is 32.6 Å². The largest absolute Gasteiger partial charge is 0.325 e. The predicted octanol–water partition coefficient (Wildman–Crippen LogP) is 4.41. The molecule has 0 spiro atoms. The molecule has 0 aliphatic rings. The minimum Gasteiger partial charge on any atom is -0.325 e. The van der Waals surface area contributed by atoms with E-state index in [0.717, 1.165) is 23.7 Å². The zero-order valence-electron chi connectivity index (χ0n) is 18.9. The molecule has 2 heterocycles. The van der Waals surface area contributed by atoms with Crippen molar-refractivity contribution in [3.8, 4) is 11.4 Å². The third-order valence-electron chi connectivity index (χ3n) is 4.98. The van der Waals surface area contributed by atoms with E-state index in [1.807, 2.05) is 24.3 Å². The van der Waals surface area contributed by atoms with Gasteiger partial charge in [-0.1, -0.05) is 30.8 Å². The summed E-state index contributed by atoms with van der Waals surface area (Å²) >= 11 is 1.15. The van der Waals surface area contributed by atoms with Crippen molar-refractivity contribution in [1.82, 2.24) is 19.7 Å². The Labute approximate surface area is 206 Å². The molecule has 0 bridgehead atoms. The number of nitrogens with one attached hydrogen (secondary N) is 2. The Morgan fingerprint density at radius 3 is 2.20 bits per heavy atom. The van der Waals surface area contributed by atoms with Gasteiger partial charge in [0.25, 0.3) is 0 Å². The monoisotopic (exact) mass is 490 g/mol. The number of rotatable bonds is 9. The van der Waals surface area contributed by atoms with Crippen LogP contribution in [0.15, 0.2) is 78.2 Å². The highest BCUT2D eigenvalue weighted by Gasteiger charge is 2.17. The summed E-state index contributed by atoms with van der Waals surface area (Å²) in [6.07, 6.45) is 4.18. The van der Waals surface area contributed by atoms with Crippen LogP contribution in [-0.2, 0) is 22.6 Å². The van der Waals surface area contributed by atoms with Crippen LogP contribution in [-0.4, -0.2) is 37.3 Å². The van der Waals surface area contributed by atoms with Gasteiger partial charge in [0.15, 0.2) is 11.0 Å². The molecule has 8 nitrogen and oxygen atoms in total. The van der Waals surface area contributed by atoms with Gasteiger partial charge in [-0.2, -0.15) is 0 Å². The van der Waals surface area contributed by atoms with E-state index in [1.54, 1.807) is 24.5 Å². The molecule has 0 saturated heterocycles. The van der Waals surface area contributed by atoms with E-state index in [0.29, 0.717) is 22.4 Å². The number of hydrogen-bond acceptors (Lipinski definition) is 6. The fourth-order valence-electron chi connectivity index (χ4n) is 3.18. The molecule has 0 saturated carbocycles. The van der Waals surface area contributed by atoms with Gasteiger partial charge in [-0.25, -0.2) is 14.1 Å². The molecule has 178 valence electrons. The smallest absolute Gasteiger partial charge is 0.246 e. The predicted molar refractivity (Wildman–Crippen MR) is 133 cm³/mol. The normalized spacial score (nSPS) is 10.7. The first-order valence-corrected chi connectivity index (χ1v) is 11.9. The second kappa shape index (κ2) is 11.4. The molecule has 2 N–H and O–H groups in total. The Balaban J connectivity index is 1.46. The van der Waals surface area contributed by atoms with Gasteiger partial charge in [0, 0.05) is 29.3 Å². The van der Waals surface area contributed by atoms with E-state index < -0.39 is 0 Å². The summed E-state index contributed by atoms with van der Waals surface area (Å²) < 4.78 is 14.6. The van der Waals surface area contributed by atoms with Gasteiger partial charge in [-0.15, -0.1) is 5.10 Å². The van der Waals surface area contributed by atoms with Crippen LogP contribution in [0.25, 0.3) is 11.4 Å². The summed E-state index contributed by atoms with van der Waals surface area (Å²) in [6, 6.07) is 16.7. The standard InChI is InChI=1S/C25H23FN6O2S/c1-2-17-3-7-20(8-4-17)28-22(33)15-32-25(30-24(31-32)18-11-13-27-14-12-18)35-16-23(34)29-21-9-5-19(26)6-10-21/h3-14H,2,15-16H2,1H3,(H,28,33)(H,29,34). The summed E-state index contributed by atoms with van der Waals surface area (Å²) in [5.41, 5.74) is 3.10. The van der Waals surface area contributed by atoms with Gasteiger partial charge in [0.05, 0.1) is 5.75 Å². The number of halogens is 1. The number of pyridine rings is 1. The number of nitrogens with zero attached hydrogens (tertiary/aromatic N) is 4. The van der Waals surface area contributed by atoms with Crippen molar-refractivity contribution < 1.29 is 14.0 Å².